The smallest absolute Gasteiger partial charge is 0.324 e. The van der Waals surface area contributed by atoms with Gasteiger partial charge in [0.25, 0.3) is 5.56 Å². The Kier molecular flexibility index (Phi) is 5.00. The topological polar surface area (TPSA) is 64.0 Å². The van der Waals surface area contributed by atoms with Crippen molar-refractivity contribution in [2.45, 2.75) is 26.6 Å². The molecular formula is C17H13ClF3N3O2S. The van der Waals surface area contributed by atoms with Crippen molar-refractivity contribution in [2.75, 3.05) is 5.32 Å². The molecule has 0 atom stereocenters. The number of amides is 1. The van der Waals surface area contributed by atoms with Crippen molar-refractivity contribution < 1.29 is 18.0 Å². The van der Waals surface area contributed by atoms with Gasteiger partial charge in [-0.25, -0.2) is 4.98 Å². The number of nitrogens with one attached hydrogen (secondary N) is 1. The molecule has 0 saturated carbocycles. The number of rotatable bonds is 3. The van der Waals surface area contributed by atoms with E-state index in [1.54, 1.807) is 6.92 Å². The molecule has 2 heterocycles. The molecule has 0 aliphatic heterocycles. The molecule has 0 fully saturated rings. The van der Waals surface area contributed by atoms with Crippen LogP contribution < -0.4 is 10.9 Å². The van der Waals surface area contributed by atoms with Crippen LogP contribution in [0.15, 0.2) is 29.3 Å². The molecular weight excluding hydrogens is 403 g/mol. The second kappa shape index (κ2) is 6.97. The first kappa shape index (κ1) is 19.4. The fourth-order valence-corrected chi connectivity index (χ4v) is 3.75. The van der Waals surface area contributed by atoms with Gasteiger partial charge in [-0.15, -0.1) is 11.3 Å². The van der Waals surface area contributed by atoms with Crippen LogP contribution in [0.1, 0.15) is 16.0 Å². The van der Waals surface area contributed by atoms with Gasteiger partial charge < -0.3 is 5.32 Å². The van der Waals surface area contributed by atoms with Crippen molar-refractivity contribution in [1.29, 1.82) is 0 Å². The highest BCUT2D eigenvalue weighted by molar-refractivity contribution is 7.18. The van der Waals surface area contributed by atoms with E-state index in [9.17, 15) is 22.8 Å². The van der Waals surface area contributed by atoms with Crippen molar-refractivity contribution >= 4 is 44.7 Å². The largest absolute Gasteiger partial charge is 0.418 e. The number of hydrogen-bond acceptors (Lipinski definition) is 4. The van der Waals surface area contributed by atoms with Gasteiger partial charge in [-0.05, 0) is 37.6 Å². The summed E-state index contributed by atoms with van der Waals surface area (Å²) in [5.41, 5.74) is -1.13. The van der Waals surface area contributed by atoms with Gasteiger partial charge in [-0.2, -0.15) is 13.2 Å². The number of hydrogen-bond donors (Lipinski definition) is 1. The maximum atomic E-state index is 13.1. The third-order valence-corrected chi connectivity index (χ3v) is 5.38. The summed E-state index contributed by atoms with van der Waals surface area (Å²) in [6.07, 6.45) is -3.47. The lowest BCUT2D eigenvalue weighted by Crippen LogP contribution is -2.28. The van der Waals surface area contributed by atoms with E-state index in [0.29, 0.717) is 10.2 Å². The van der Waals surface area contributed by atoms with E-state index in [4.69, 9.17) is 11.6 Å². The maximum Gasteiger partial charge on any atom is 0.418 e. The standard InChI is InChI=1S/C17H13ClF3N3O2S/c1-8-9(2)27-15-14(8)16(26)24(7-22-15)6-13(25)23-12-4-3-10(18)5-11(12)17(19,20)21/h3-5,7H,6H2,1-2H3,(H,23,25). The Morgan fingerprint density at radius 1 is 1.33 bits per heavy atom. The fraction of sp³-hybridized carbons (Fsp3) is 0.235. The summed E-state index contributed by atoms with van der Waals surface area (Å²) in [6, 6.07) is 3.04. The molecule has 0 spiro atoms. The number of benzene rings is 1. The highest BCUT2D eigenvalue weighted by Gasteiger charge is 2.34. The van der Waals surface area contributed by atoms with E-state index in [1.165, 1.54) is 23.7 Å². The van der Waals surface area contributed by atoms with Crippen LogP contribution in [0.5, 0.6) is 0 Å². The van der Waals surface area contributed by atoms with Crippen LogP contribution in [0.2, 0.25) is 5.02 Å². The Hall–Kier alpha value is -2.39. The van der Waals surface area contributed by atoms with Gasteiger partial charge >= 0.3 is 6.18 Å². The summed E-state index contributed by atoms with van der Waals surface area (Å²) < 4.78 is 40.4. The number of aromatic nitrogens is 2. The third-order valence-electron chi connectivity index (χ3n) is 4.03. The average molecular weight is 416 g/mol. The van der Waals surface area contributed by atoms with Gasteiger partial charge in [0, 0.05) is 9.90 Å². The van der Waals surface area contributed by atoms with Crippen LogP contribution in [0.4, 0.5) is 18.9 Å². The van der Waals surface area contributed by atoms with Gasteiger partial charge in [-0.3, -0.25) is 14.2 Å². The van der Waals surface area contributed by atoms with E-state index in [1.807, 2.05) is 6.92 Å². The Balaban J connectivity index is 1.90. The third kappa shape index (κ3) is 3.84. The molecule has 0 radical (unpaired) electrons. The van der Waals surface area contributed by atoms with Gasteiger partial charge in [0.2, 0.25) is 5.91 Å². The zero-order chi connectivity index (χ0) is 19.9. The number of carbonyl (C=O) groups excluding carboxylic acids is 1. The van der Waals surface area contributed by atoms with Gasteiger partial charge in [-0.1, -0.05) is 11.6 Å². The molecule has 3 rings (SSSR count). The molecule has 0 aliphatic rings. The molecule has 142 valence electrons. The second-order valence-electron chi connectivity index (χ2n) is 5.88. The highest BCUT2D eigenvalue weighted by Crippen LogP contribution is 2.36. The van der Waals surface area contributed by atoms with Gasteiger partial charge in [0.05, 0.1) is 23.0 Å². The van der Waals surface area contributed by atoms with Crippen molar-refractivity contribution in [2.24, 2.45) is 0 Å². The zero-order valence-corrected chi connectivity index (χ0v) is 15.7. The Morgan fingerprint density at radius 3 is 2.70 bits per heavy atom. The number of aryl methyl sites for hydroxylation is 2. The second-order valence-corrected chi connectivity index (χ2v) is 7.52. The number of carbonyl (C=O) groups is 1. The summed E-state index contributed by atoms with van der Waals surface area (Å²) in [5, 5.41) is 2.50. The van der Waals surface area contributed by atoms with E-state index in [0.717, 1.165) is 27.1 Å². The lowest BCUT2D eigenvalue weighted by Gasteiger charge is -2.14. The molecule has 10 heteroatoms. The fourth-order valence-electron chi connectivity index (χ4n) is 2.59. The normalized spacial score (nSPS) is 11.8. The molecule has 5 nitrogen and oxygen atoms in total. The molecule has 3 aromatic rings. The molecule has 1 N–H and O–H groups in total. The van der Waals surface area contributed by atoms with E-state index >= 15 is 0 Å². The predicted octanol–water partition coefficient (Wildman–Crippen LogP) is 4.39. The molecule has 2 aromatic heterocycles. The number of thiophene rings is 1. The number of halogens is 4. The molecule has 0 unspecified atom stereocenters. The minimum Gasteiger partial charge on any atom is -0.324 e. The van der Waals surface area contributed by atoms with Crippen LogP contribution in [-0.4, -0.2) is 15.5 Å². The van der Waals surface area contributed by atoms with E-state index < -0.39 is 35.4 Å². The van der Waals surface area contributed by atoms with Gasteiger partial charge in [0.15, 0.2) is 0 Å². The monoisotopic (exact) mass is 415 g/mol. The van der Waals surface area contributed by atoms with E-state index in [-0.39, 0.29) is 5.02 Å². The van der Waals surface area contributed by atoms with Crippen LogP contribution in [0.3, 0.4) is 0 Å². The summed E-state index contributed by atoms with van der Waals surface area (Å²) >= 11 is 6.98. The molecule has 1 aromatic carbocycles. The quantitative estimate of drug-likeness (QED) is 0.690. The Morgan fingerprint density at radius 2 is 2.04 bits per heavy atom. The summed E-state index contributed by atoms with van der Waals surface area (Å²) in [5.74, 6) is -0.782. The summed E-state index contributed by atoms with van der Waals surface area (Å²) in [4.78, 5) is 30.5. The SMILES string of the molecule is Cc1sc2ncn(CC(=O)Nc3ccc(Cl)cc3C(F)(F)F)c(=O)c2c1C. The van der Waals surface area contributed by atoms with Crippen molar-refractivity contribution in [3.8, 4) is 0 Å². The Labute approximate surface area is 160 Å². The molecule has 0 bridgehead atoms. The minimum absolute atomic E-state index is 0.102. The number of nitrogens with zero attached hydrogens (tertiary/aromatic N) is 2. The van der Waals surface area contributed by atoms with Crippen molar-refractivity contribution in [1.82, 2.24) is 9.55 Å². The molecule has 0 saturated heterocycles. The number of fused-ring (bicyclic) bond motifs is 1. The molecule has 27 heavy (non-hydrogen) atoms. The van der Waals surface area contributed by atoms with Crippen LogP contribution >= 0.6 is 22.9 Å². The summed E-state index contributed by atoms with van der Waals surface area (Å²) in [7, 11) is 0. The van der Waals surface area contributed by atoms with Crippen molar-refractivity contribution in [3.05, 3.63) is 55.9 Å². The zero-order valence-electron chi connectivity index (χ0n) is 14.1. The van der Waals surface area contributed by atoms with E-state index in [2.05, 4.69) is 10.3 Å². The lowest BCUT2D eigenvalue weighted by molar-refractivity contribution is -0.137. The molecule has 1 amide bonds. The Bertz CT molecular complexity index is 1110. The lowest BCUT2D eigenvalue weighted by atomic mass is 10.1. The average Bonchev–Trinajstić information content (AvgIpc) is 2.86. The molecule has 0 aliphatic carbocycles. The van der Waals surface area contributed by atoms with Crippen molar-refractivity contribution in [3.63, 3.8) is 0 Å². The van der Waals surface area contributed by atoms with Crippen LogP contribution in [0.25, 0.3) is 10.2 Å². The number of alkyl halides is 3. The number of anilines is 1. The first-order valence-corrected chi connectivity index (χ1v) is 8.89. The maximum absolute atomic E-state index is 13.1. The predicted molar refractivity (Wildman–Crippen MR) is 98.4 cm³/mol. The minimum atomic E-state index is -4.68. The first-order valence-electron chi connectivity index (χ1n) is 7.69. The van der Waals surface area contributed by atoms with Crippen LogP contribution in [0, 0.1) is 13.8 Å². The first-order chi connectivity index (χ1) is 12.6. The van der Waals surface area contributed by atoms with Crippen LogP contribution in [-0.2, 0) is 17.5 Å². The van der Waals surface area contributed by atoms with Gasteiger partial charge in [0.1, 0.15) is 11.4 Å². The summed E-state index contributed by atoms with van der Waals surface area (Å²) in [6.45, 7) is 3.18. The highest BCUT2D eigenvalue weighted by atomic mass is 35.5.